The normalized spacial score (nSPS) is 11.9. The molecular formula is C13H18O10S2. The van der Waals surface area contributed by atoms with E-state index < -0.39 is 37.7 Å². The van der Waals surface area contributed by atoms with Gasteiger partial charge in [0.1, 0.15) is 11.5 Å². The van der Waals surface area contributed by atoms with E-state index in [1.165, 1.54) is 18.2 Å². The molecule has 0 radical (unpaired) electrons. The fraction of sp³-hybridized carbons (Fsp3) is 0.462. The van der Waals surface area contributed by atoms with Gasteiger partial charge in [0.2, 0.25) is 0 Å². The quantitative estimate of drug-likeness (QED) is 0.357. The highest BCUT2D eigenvalue weighted by Gasteiger charge is 2.11. The number of hydrogen-bond acceptors (Lipinski definition) is 7. The van der Waals surface area contributed by atoms with E-state index in [-0.39, 0.29) is 43.1 Å². The highest BCUT2D eigenvalue weighted by atomic mass is 32.2. The van der Waals surface area contributed by atoms with Gasteiger partial charge in [-0.2, -0.15) is 16.8 Å². The zero-order valence-electron chi connectivity index (χ0n) is 13.0. The molecule has 0 saturated heterocycles. The van der Waals surface area contributed by atoms with E-state index in [1.54, 1.807) is 0 Å². The van der Waals surface area contributed by atoms with Crippen LogP contribution in [0.25, 0.3) is 0 Å². The van der Waals surface area contributed by atoms with Gasteiger partial charge in [-0.3, -0.25) is 9.11 Å². The minimum atomic E-state index is -4.10. The van der Waals surface area contributed by atoms with E-state index in [2.05, 4.69) is 0 Å². The molecule has 1 aromatic rings. The van der Waals surface area contributed by atoms with Crippen molar-refractivity contribution in [2.75, 3.05) is 24.7 Å². The Morgan fingerprint density at radius 2 is 1.24 bits per heavy atom. The molecule has 1 aromatic carbocycles. The fourth-order valence-corrected chi connectivity index (χ4v) is 2.69. The molecular weight excluding hydrogens is 380 g/mol. The van der Waals surface area contributed by atoms with Crippen molar-refractivity contribution < 1.29 is 45.3 Å². The number of carboxylic acid groups (broad SMARTS) is 1. The van der Waals surface area contributed by atoms with Crippen LogP contribution in [-0.4, -0.2) is 61.7 Å². The van der Waals surface area contributed by atoms with Crippen LogP contribution < -0.4 is 9.47 Å². The predicted octanol–water partition coefficient (Wildman–Crippen LogP) is 0.698. The standard InChI is InChI=1S/C13H18O10S2/c14-13(15)10-7-11(22-3-1-5-24(16,17)18)9-12(8-10)23-4-2-6-25(19,20)21/h7-9H,1-6H2,(H,14,15)(H,16,17,18)(H,19,20,21). The summed E-state index contributed by atoms with van der Waals surface area (Å²) in [6.07, 6.45) is 0.00135. The van der Waals surface area contributed by atoms with Crippen LogP contribution in [-0.2, 0) is 20.2 Å². The Morgan fingerprint density at radius 1 is 0.840 bits per heavy atom. The van der Waals surface area contributed by atoms with Crippen molar-refractivity contribution in [3.05, 3.63) is 23.8 Å². The highest BCUT2D eigenvalue weighted by molar-refractivity contribution is 7.86. The summed E-state index contributed by atoms with van der Waals surface area (Å²) in [5.74, 6) is -2.01. The third-order valence-electron chi connectivity index (χ3n) is 2.76. The Balaban J connectivity index is 2.68. The summed E-state index contributed by atoms with van der Waals surface area (Å²) in [5.41, 5.74) is -0.142. The van der Waals surface area contributed by atoms with Crippen LogP contribution in [0.3, 0.4) is 0 Å². The van der Waals surface area contributed by atoms with E-state index in [9.17, 15) is 21.6 Å². The number of benzene rings is 1. The number of ether oxygens (including phenoxy) is 2. The van der Waals surface area contributed by atoms with E-state index in [4.69, 9.17) is 23.7 Å². The molecule has 0 amide bonds. The minimum Gasteiger partial charge on any atom is -0.493 e. The molecule has 0 spiro atoms. The molecule has 0 heterocycles. The Bertz CT molecular complexity index is 740. The summed E-state index contributed by atoms with van der Waals surface area (Å²) < 4.78 is 70.1. The van der Waals surface area contributed by atoms with Crippen molar-refractivity contribution in [2.24, 2.45) is 0 Å². The first kappa shape index (κ1) is 21.2. The van der Waals surface area contributed by atoms with Crippen LogP contribution in [0.5, 0.6) is 11.5 Å². The maximum Gasteiger partial charge on any atom is 0.335 e. The summed E-state index contributed by atoms with van der Waals surface area (Å²) in [4.78, 5) is 11.1. The first-order chi connectivity index (χ1) is 11.5. The molecule has 0 aliphatic heterocycles. The van der Waals surface area contributed by atoms with E-state index >= 15 is 0 Å². The van der Waals surface area contributed by atoms with Gasteiger partial charge >= 0.3 is 5.97 Å². The summed E-state index contributed by atoms with van der Waals surface area (Å²) in [6.45, 7) is -0.157. The van der Waals surface area contributed by atoms with E-state index in [0.29, 0.717) is 0 Å². The van der Waals surface area contributed by atoms with Crippen molar-refractivity contribution in [3.63, 3.8) is 0 Å². The molecule has 0 aliphatic carbocycles. The average Bonchev–Trinajstić information content (AvgIpc) is 2.46. The minimum absolute atomic E-state index is 0.000677. The highest BCUT2D eigenvalue weighted by Crippen LogP contribution is 2.23. The smallest absolute Gasteiger partial charge is 0.335 e. The molecule has 0 atom stereocenters. The van der Waals surface area contributed by atoms with Gasteiger partial charge in [-0.1, -0.05) is 0 Å². The number of aromatic carboxylic acids is 1. The molecule has 0 saturated carbocycles. The zero-order valence-corrected chi connectivity index (χ0v) is 14.6. The summed E-state index contributed by atoms with van der Waals surface area (Å²) in [7, 11) is -8.21. The molecule has 0 unspecified atom stereocenters. The second-order valence-corrected chi connectivity index (χ2v) is 8.12. The van der Waals surface area contributed by atoms with E-state index in [1.807, 2.05) is 0 Å². The third kappa shape index (κ3) is 9.86. The van der Waals surface area contributed by atoms with Gasteiger partial charge < -0.3 is 14.6 Å². The molecule has 10 nitrogen and oxygen atoms in total. The number of carbonyl (C=O) groups is 1. The lowest BCUT2D eigenvalue weighted by atomic mass is 10.2. The molecule has 0 aliphatic rings. The summed E-state index contributed by atoms with van der Waals surface area (Å²) in [5, 5.41) is 9.05. The van der Waals surface area contributed by atoms with Crippen LogP contribution in [0.4, 0.5) is 0 Å². The van der Waals surface area contributed by atoms with Crippen molar-refractivity contribution in [2.45, 2.75) is 12.8 Å². The zero-order chi connectivity index (χ0) is 19.1. The number of rotatable bonds is 11. The van der Waals surface area contributed by atoms with Crippen molar-refractivity contribution in [1.29, 1.82) is 0 Å². The molecule has 142 valence electrons. The second kappa shape index (κ2) is 8.99. The van der Waals surface area contributed by atoms with E-state index in [0.717, 1.165) is 0 Å². The van der Waals surface area contributed by atoms with Gasteiger partial charge in [0.05, 0.1) is 30.3 Å². The van der Waals surface area contributed by atoms with Gasteiger partial charge in [-0.15, -0.1) is 0 Å². The molecule has 0 fully saturated rings. The van der Waals surface area contributed by atoms with Crippen LogP contribution in [0.15, 0.2) is 18.2 Å². The van der Waals surface area contributed by atoms with Crippen LogP contribution >= 0.6 is 0 Å². The molecule has 0 aromatic heterocycles. The number of hydrogen-bond donors (Lipinski definition) is 3. The lowest BCUT2D eigenvalue weighted by molar-refractivity contribution is 0.0695. The first-order valence-corrected chi connectivity index (χ1v) is 10.2. The maximum atomic E-state index is 11.1. The third-order valence-corrected chi connectivity index (χ3v) is 4.37. The monoisotopic (exact) mass is 398 g/mol. The van der Waals surface area contributed by atoms with Crippen LogP contribution in [0.2, 0.25) is 0 Å². The van der Waals surface area contributed by atoms with Crippen LogP contribution in [0, 0.1) is 0 Å². The summed E-state index contributed by atoms with van der Waals surface area (Å²) >= 11 is 0. The lowest BCUT2D eigenvalue weighted by Crippen LogP contribution is -2.10. The Kier molecular flexibility index (Phi) is 7.60. The fourth-order valence-electron chi connectivity index (χ4n) is 1.72. The second-order valence-electron chi connectivity index (χ2n) is 4.97. The largest absolute Gasteiger partial charge is 0.493 e. The average molecular weight is 398 g/mol. The van der Waals surface area contributed by atoms with Gasteiger partial charge in [0.25, 0.3) is 20.2 Å². The topological polar surface area (TPSA) is 164 Å². The molecule has 25 heavy (non-hydrogen) atoms. The number of carboxylic acids is 1. The molecule has 0 bridgehead atoms. The van der Waals surface area contributed by atoms with Crippen molar-refractivity contribution in [3.8, 4) is 11.5 Å². The van der Waals surface area contributed by atoms with Gasteiger partial charge in [0.15, 0.2) is 0 Å². The first-order valence-electron chi connectivity index (χ1n) is 7.00. The van der Waals surface area contributed by atoms with Crippen molar-refractivity contribution >= 4 is 26.2 Å². The maximum absolute atomic E-state index is 11.1. The molecule has 1 rings (SSSR count). The summed E-state index contributed by atoms with van der Waals surface area (Å²) in [6, 6.07) is 3.77. The van der Waals surface area contributed by atoms with Crippen LogP contribution in [0.1, 0.15) is 23.2 Å². The Morgan fingerprint density at radius 3 is 1.56 bits per heavy atom. The Labute approximate surface area is 144 Å². The Hall–Kier alpha value is -1.89. The predicted molar refractivity (Wildman–Crippen MR) is 86.5 cm³/mol. The molecule has 12 heteroatoms. The SMILES string of the molecule is O=C(O)c1cc(OCCCS(=O)(=O)O)cc(OCCCS(=O)(=O)O)c1. The van der Waals surface area contributed by atoms with Gasteiger partial charge in [-0.05, 0) is 25.0 Å². The van der Waals surface area contributed by atoms with Gasteiger partial charge in [0, 0.05) is 6.07 Å². The van der Waals surface area contributed by atoms with Crippen molar-refractivity contribution in [1.82, 2.24) is 0 Å². The van der Waals surface area contributed by atoms with Gasteiger partial charge in [-0.25, -0.2) is 4.79 Å². The lowest BCUT2D eigenvalue weighted by Gasteiger charge is -2.11. The molecule has 3 N–H and O–H groups in total.